The van der Waals surface area contributed by atoms with E-state index in [0.717, 1.165) is 35.9 Å². The molecule has 31 heavy (non-hydrogen) atoms. The summed E-state index contributed by atoms with van der Waals surface area (Å²) in [4.78, 5) is 21.9. The van der Waals surface area contributed by atoms with E-state index in [-0.39, 0.29) is 5.91 Å². The van der Waals surface area contributed by atoms with Gasteiger partial charge in [-0.15, -0.1) is 0 Å². The predicted molar refractivity (Wildman–Crippen MR) is 121 cm³/mol. The molecule has 0 bridgehead atoms. The van der Waals surface area contributed by atoms with E-state index in [2.05, 4.69) is 27.1 Å². The first-order valence-electron chi connectivity index (χ1n) is 10.3. The van der Waals surface area contributed by atoms with Gasteiger partial charge in [0, 0.05) is 49.5 Å². The van der Waals surface area contributed by atoms with Crippen LogP contribution >= 0.6 is 11.6 Å². The smallest absolute Gasteiger partial charge is 0.259 e. The summed E-state index contributed by atoms with van der Waals surface area (Å²) in [6, 6.07) is 19.9. The molecule has 1 amide bonds. The van der Waals surface area contributed by atoms with Crippen molar-refractivity contribution >= 4 is 23.2 Å². The summed E-state index contributed by atoms with van der Waals surface area (Å²) >= 11 is 5.97. The van der Waals surface area contributed by atoms with Crippen LogP contribution in [-0.4, -0.2) is 56.5 Å². The molecule has 4 aromatic rings. The fourth-order valence-electron chi connectivity index (χ4n) is 4.00. The molecule has 0 unspecified atom stereocenters. The monoisotopic (exact) mass is 431 g/mol. The Hall–Kier alpha value is -3.22. The lowest BCUT2D eigenvalue weighted by molar-refractivity contribution is 0.0630. The minimum Gasteiger partial charge on any atom is -0.336 e. The summed E-state index contributed by atoms with van der Waals surface area (Å²) in [5.74, 6) is -0.0149. The van der Waals surface area contributed by atoms with Crippen molar-refractivity contribution in [2.24, 2.45) is 0 Å². The highest BCUT2D eigenvalue weighted by molar-refractivity contribution is 6.30. The number of amides is 1. The number of aromatic nitrogens is 3. The molecule has 0 atom stereocenters. The van der Waals surface area contributed by atoms with Gasteiger partial charge in [-0.1, -0.05) is 54.1 Å². The van der Waals surface area contributed by atoms with Crippen LogP contribution in [-0.2, 0) is 6.54 Å². The van der Waals surface area contributed by atoms with Crippen molar-refractivity contribution in [2.45, 2.75) is 6.54 Å². The molecule has 0 spiro atoms. The van der Waals surface area contributed by atoms with Crippen LogP contribution in [0, 0.1) is 0 Å². The number of nitrogens with zero attached hydrogens (tertiary/aromatic N) is 5. The van der Waals surface area contributed by atoms with Gasteiger partial charge >= 0.3 is 0 Å². The van der Waals surface area contributed by atoms with Gasteiger partial charge in [-0.3, -0.25) is 9.69 Å². The van der Waals surface area contributed by atoms with Crippen LogP contribution < -0.4 is 0 Å². The average molecular weight is 432 g/mol. The van der Waals surface area contributed by atoms with Crippen LogP contribution in [0.5, 0.6) is 0 Å². The average Bonchev–Trinajstić information content (AvgIpc) is 3.25. The fraction of sp³-hybridized carbons (Fsp3) is 0.208. The molecule has 3 heterocycles. The third-order valence-electron chi connectivity index (χ3n) is 5.68. The summed E-state index contributed by atoms with van der Waals surface area (Å²) in [7, 11) is 0. The molecule has 0 N–H and O–H groups in total. The lowest BCUT2D eigenvalue weighted by Gasteiger charge is -2.34. The van der Waals surface area contributed by atoms with Crippen molar-refractivity contribution in [3.63, 3.8) is 0 Å². The molecule has 7 heteroatoms. The van der Waals surface area contributed by atoms with Gasteiger partial charge < -0.3 is 4.90 Å². The van der Waals surface area contributed by atoms with Crippen molar-refractivity contribution in [2.75, 3.05) is 26.2 Å². The number of carbonyl (C=O) groups excluding carboxylic acids is 1. The number of halogens is 1. The molecule has 1 fully saturated rings. The highest BCUT2D eigenvalue weighted by atomic mass is 35.5. The SMILES string of the molecule is O=C(c1cnn2c(-c3ccccc3)ccnc12)N1CCN(Cc2ccc(Cl)cc2)CC1. The van der Waals surface area contributed by atoms with Crippen LogP contribution in [0.25, 0.3) is 16.9 Å². The molecule has 1 aliphatic heterocycles. The van der Waals surface area contributed by atoms with Crippen molar-refractivity contribution < 1.29 is 4.79 Å². The summed E-state index contributed by atoms with van der Waals surface area (Å²) in [5, 5.41) is 5.22. The normalized spacial score (nSPS) is 14.8. The van der Waals surface area contributed by atoms with E-state index in [9.17, 15) is 4.79 Å². The molecular formula is C24H22ClN5O. The van der Waals surface area contributed by atoms with E-state index in [1.165, 1.54) is 5.56 Å². The van der Waals surface area contributed by atoms with Crippen LogP contribution in [0.15, 0.2) is 73.1 Å². The molecule has 0 saturated carbocycles. The molecule has 6 nitrogen and oxygen atoms in total. The summed E-state index contributed by atoms with van der Waals surface area (Å²) in [6.45, 7) is 3.88. The van der Waals surface area contributed by atoms with Gasteiger partial charge in [0.25, 0.3) is 5.91 Å². The van der Waals surface area contributed by atoms with E-state index in [0.29, 0.717) is 24.3 Å². The first-order valence-corrected chi connectivity index (χ1v) is 10.7. The third-order valence-corrected chi connectivity index (χ3v) is 5.93. The maximum Gasteiger partial charge on any atom is 0.259 e. The van der Waals surface area contributed by atoms with Gasteiger partial charge in [0.1, 0.15) is 5.56 Å². The molecule has 0 radical (unpaired) electrons. The Balaban J connectivity index is 1.30. The van der Waals surface area contributed by atoms with Crippen molar-refractivity contribution in [1.29, 1.82) is 0 Å². The van der Waals surface area contributed by atoms with Crippen molar-refractivity contribution in [3.05, 3.63) is 89.2 Å². The van der Waals surface area contributed by atoms with E-state index in [4.69, 9.17) is 11.6 Å². The minimum atomic E-state index is -0.0149. The van der Waals surface area contributed by atoms with Gasteiger partial charge in [0.15, 0.2) is 5.65 Å². The lowest BCUT2D eigenvalue weighted by Crippen LogP contribution is -2.48. The Kier molecular flexibility index (Phi) is 5.40. The summed E-state index contributed by atoms with van der Waals surface area (Å²) in [6.07, 6.45) is 3.37. The molecule has 1 saturated heterocycles. The molecule has 0 aliphatic carbocycles. The molecule has 156 valence electrons. The zero-order valence-corrected chi connectivity index (χ0v) is 17.7. The molecule has 5 rings (SSSR count). The Bertz CT molecular complexity index is 1200. The summed E-state index contributed by atoms with van der Waals surface area (Å²) < 4.78 is 1.75. The second-order valence-corrected chi connectivity index (χ2v) is 8.12. The van der Waals surface area contributed by atoms with Gasteiger partial charge in [-0.25, -0.2) is 9.50 Å². The zero-order chi connectivity index (χ0) is 21.2. The minimum absolute atomic E-state index is 0.0149. The number of rotatable bonds is 4. The van der Waals surface area contributed by atoms with Crippen LogP contribution in [0.1, 0.15) is 15.9 Å². The van der Waals surface area contributed by atoms with Crippen LogP contribution in [0.3, 0.4) is 0 Å². The van der Waals surface area contributed by atoms with Gasteiger partial charge in [-0.05, 0) is 23.8 Å². The van der Waals surface area contributed by atoms with Crippen molar-refractivity contribution in [1.82, 2.24) is 24.4 Å². The Morgan fingerprint density at radius 1 is 0.935 bits per heavy atom. The maximum atomic E-state index is 13.2. The first-order chi connectivity index (χ1) is 15.2. The Morgan fingerprint density at radius 3 is 2.42 bits per heavy atom. The van der Waals surface area contributed by atoms with E-state index < -0.39 is 0 Å². The summed E-state index contributed by atoms with van der Waals surface area (Å²) in [5.41, 5.74) is 4.31. The van der Waals surface area contributed by atoms with Crippen LogP contribution in [0.4, 0.5) is 0 Å². The van der Waals surface area contributed by atoms with Gasteiger partial charge in [0.05, 0.1) is 11.9 Å². The first kappa shape index (κ1) is 19.7. The second-order valence-electron chi connectivity index (χ2n) is 7.68. The maximum absolute atomic E-state index is 13.2. The standard InChI is InChI=1S/C24H22ClN5O/c25-20-8-6-18(7-9-20)17-28-12-14-29(15-13-28)24(31)21-16-27-30-22(10-11-26-23(21)30)19-4-2-1-3-5-19/h1-11,16H,12-15,17H2. The van der Waals surface area contributed by atoms with E-state index in [1.807, 2.05) is 53.4 Å². The lowest BCUT2D eigenvalue weighted by atomic mass is 10.1. The topological polar surface area (TPSA) is 53.7 Å². The number of piperazine rings is 1. The van der Waals surface area contributed by atoms with E-state index in [1.54, 1.807) is 16.9 Å². The highest BCUT2D eigenvalue weighted by Gasteiger charge is 2.25. The molecule has 2 aromatic carbocycles. The number of hydrogen-bond donors (Lipinski definition) is 0. The number of carbonyl (C=O) groups is 1. The number of benzene rings is 2. The Labute approximate surface area is 185 Å². The van der Waals surface area contributed by atoms with Gasteiger partial charge in [0.2, 0.25) is 0 Å². The molecule has 1 aliphatic rings. The number of fused-ring (bicyclic) bond motifs is 1. The van der Waals surface area contributed by atoms with Crippen molar-refractivity contribution in [3.8, 4) is 11.3 Å². The predicted octanol–water partition coefficient (Wildman–Crippen LogP) is 4.01. The highest BCUT2D eigenvalue weighted by Crippen LogP contribution is 2.22. The van der Waals surface area contributed by atoms with Gasteiger partial charge in [-0.2, -0.15) is 5.10 Å². The quantitative estimate of drug-likeness (QED) is 0.490. The fourth-order valence-corrected chi connectivity index (χ4v) is 4.12. The van der Waals surface area contributed by atoms with Crippen LogP contribution in [0.2, 0.25) is 5.02 Å². The number of hydrogen-bond acceptors (Lipinski definition) is 4. The third kappa shape index (κ3) is 4.04. The largest absolute Gasteiger partial charge is 0.336 e. The zero-order valence-electron chi connectivity index (χ0n) is 17.0. The Morgan fingerprint density at radius 2 is 1.68 bits per heavy atom. The van der Waals surface area contributed by atoms with E-state index >= 15 is 0 Å². The second kappa shape index (κ2) is 8.49. The molecule has 2 aromatic heterocycles. The molecular weight excluding hydrogens is 410 g/mol.